The molecular weight excluding hydrogens is 447 g/mol. The van der Waals surface area contributed by atoms with Gasteiger partial charge in [0.1, 0.15) is 5.52 Å². The molecule has 0 radical (unpaired) electrons. The second-order valence-corrected chi connectivity index (χ2v) is 8.93. The van der Waals surface area contributed by atoms with Gasteiger partial charge in [-0.2, -0.15) is 0 Å². The number of carbonyl (C=O) groups is 1. The summed E-state index contributed by atoms with van der Waals surface area (Å²) in [6, 6.07) is 16.8. The third kappa shape index (κ3) is 3.90. The number of halogens is 2. The Balaban J connectivity index is 1.29. The Morgan fingerprint density at radius 3 is 2.50 bits per heavy atom. The standard InChI is InChI=1S/C24H23Cl2N4O2/c25-17-4-7-19(8-5-17)28-14-13-27(16-23(28)31)10-2-12-30-20-9-6-18(26)15-22(20)29-11-1-3-21(29)24(30)32/h1,3-9,11,15,25H,2,10,12-14,16H2/q+1. The molecule has 0 unspecified atom stereocenters. The van der Waals surface area contributed by atoms with Gasteiger partial charge in [-0.25, -0.2) is 0 Å². The summed E-state index contributed by atoms with van der Waals surface area (Å²) in [6.45, 7) is 3.14. The number of rotatable bonds is 5. The predicted octanol–water partition coefficient (Wildman–Crippen LogP) is 3.34. The van der Waals surface area contributed by atoms with Crippen LogP contribution < -0.4 is 10.5 Å². The van der Waals surface area contributed by atoms with Gasteiger partial charge in [0.15, 0.2) is 11.6 Å². The number of aryl methyl sites for hydroxylation is 1. The summed E-state index contributed by atoms with van der Waals surface area (Å²) in [5.74, 6) is 0.0835. The molecule has 1 fully saturated rings. The van der Waals surface area contributed by atoms with Gasteiger partial charge in [-0.15, -0.1) is 0 Å². The zero-order valence-corrected chi connectivity index (χ0v) is 19.0. The molecule has 0 saturated carbocycles. The molecule has 1 aliphatic rings. The van der Waals surface area contributed by atoms with Crippen LogP contribution in [0.1, 0.15) is 6.42 Å². The van der Waals surface area contributed by atoms with Crippen molar-refractivity contribution in [3.8, 4) is 0 Å². The highest BCUT2D eigenvalue weighted by atomic mass is 35.5. The number of amides is 1. The van der Waals surface area contributed by atoms with Gasteiger partial charge in [-0.3, -0.25) is 14.5 Å². The van der Waals surface area contributed by atoms with Crippen LogP contribution in [0.2, 0.25) is 10.0 Å². The summed E-state index contributed by atoms with van der Waals surface area (Å²) in [5, 5.41) is 1.40. The van der Waals surface area contributed by atoms with Crippen molar-refractivity contribution in [3.05, 3.63) is 81.2 Å². The van der Waals surface area contributed by atoms with Crippen LogP contribution in [0.15, 0.2) is 65.6 Å². The van der Waals surface area contributed by atoms with E-state index in [0.717, 1.165) is 41.3 Å². The van der Waals surface area contributed by atoms with E-state index in [-0.39, 0.29) is 11.5 Å². The van der Waals surface area contributed by atoms with Crippen LogP contribution in [0, 0.1) is 11.6 Å². The van der Waals surface area contributed by atoms with Crippen LogP contribution >= 0.6 is 11.6 Å². The van der Waals surface area contributed by atoms with Crippen LogP contribution in [0.25, 0.3) is 16.6 Å². The average molecular weight is 470 g/mol. The van der Waals surface area contributed by atoms with E-state index < -0.39 is 0 Å². The summed E-state index contributed by atoms with van der Waals surface area (Å²) in [4.78, 5) is 29.7. The minimum absolute atomic E-state index is 0.0177. The molecule has 32 heavy (non-hydrogen) atoms. The number of fused-ring (bicyclic) bond motifs is 3. The van der Waals surface area contributed by atoms with Crippen molar-refractivity contribution < 1.29 is 16.4 Å². The topological polar surface area (TPSA) is 50.0 Å². The Morgan fingerprint density at radius 2 is 1.72 bits per heavy atom. The van der Waals surface area contributed by atoms with E-state index in [9.17, 15) is 9.59 Å². The van der Waals surface area contributed by atoms with Crippen molar-refractivity contribution in [3.63, 3.8) is 0 Å². The Bertz CT molecular complexity index is 1360. The SMILES string of the molecule is O=C1CN(CCCn2c(=O)c3cccn3c3cc(Cl)ccc32)CCN1c1ccc([ClH+])cc1. The summed E-state index contributed by atoms with van der Waals surface area (Å²) < 4.78 is 3.70. The number of nitrogens with zero attached hydrogens (tertiary/aromatic N) is 4. The molecule has 6 nitrogen and oxygen atoms in total. The third-order valence-electron chi connectivity index (χ3n) is 6.01. The van der Waals surface area contributed by atoms with Gasteiger partial charge in [0, 0.05) is 55.2 Å². The smallest absolute Gasteiger partial charge is 0.275 e. The molecule has 0 atom stereocenters. The Hall–Kier alpha value is -2.80. The van der Waals surface area contributed by atoms with E-state index in [1.807, 2.05) is 74.7 Å². The number of hydrogen-bond donors (Lipinski definition) is 0. The Kier molecular flexibility index (Phi) is 5.67. The lowest BCUT2D eigenvalue weighted by Gasteiger charge is -2.34. The second-order valence-electron chi connectivity index (χ2n) is 8.02. The fraction of sp³-hybridized carbons (Fsp3) is 0.250. The molecular formula is C24H23Cl2N4O2+. The average Bonchev–Trinajstić information content (AvgIpc) is 3.28. The molecule has 8 heteroatoms. The summed E-state index contributed by atoms with van der Waals surface area (Å²) >= 11 is 11.3. The van der Waals surface area contributed by atoms with Gasteiger partial charge >= 0.3 is 0 Å². The van der Waals surface area contributed by atoms with Crippen molar-refractivity contribution in [2.45, 2.75) is 13.0 Å². The third-order valence-corrected chi connectivity index (χ3v) is 6.51. The number of anilines is 1. The second kappa shape index (κ2) is 8.62. The fourth-order valence-electron chi connectivity index (χ4n) is 4.42. The highest BCUT2D eigenvalue weighted by molar-refractivity contribution is 6.31. The molecule has 3 heterocycles. The largest absolute Gasteiger partial charge is 0.310 e. The maximum Gasteiger partial charge on any atom is 0.275 e. The van der Waals surface area contributed by atoms with E-state index in [4.69, 9.17) is 23.2 Å². The normalized spacial score (nSPS) is 15.2. The Morgan fingerprint density at radius 1 is 0.906 bits per heavy atom. The molecule has 1 saturated heterocycles. The number of aromatic nitrogens is 2. The molecule has 4 aromatic rings. The predicted molar refractivity (Wildman–Crippen MR) is 125 cm³/mol. The van der Waals surface area contributed by atoms with E-state index >= 15 is 0 Å². The number of hydrogen-bond acceptors (Lipinski definition) is 3. The monoisotopic (exact) mass is 469 g/mol. The van der Waals surface area contributed by atoms with Gasteiger partial charge in [0.05, 0.1) is 17.6 Å². The highest BCUT2D eigenvalue weighted by Crippen LogP contribution is 2.21. The molecule has 0 bridgehead atoms. The summed E-state index contributed by atoms with van der Waals surface area (Å²) in [5.41, 5.74) is 3.27. The van der Waals surface area contributed by atoms with E-state index in [1.165, 1.54) is 0 Å². The minimum Gasteiger partial charge on any atom is -0.310 e. The maximum absolute atomic E-state index is 13.1. The van der Waals surface area contributed by atoms with Gasteiger partial charge < -0.3 is 13.9 Å². The van der Waals surface area contributed by atoms with Crippen molar-refractivity contribution in [2.75, 3.05) is 31.1 Å². The zero-order chi connectivity index (χ0) is 22.2. The zero-order valence-electron chi connectivity index (χ0n) is 17.4. The molecule has 0 spiro atoms. The maximum atomic E-state index is 13.1. The number of benzene rings is 2. The highest BCUT2D eigenvalue weighted by Gasteiger charge is 2.25. The van der Waals surface area contributed by atoms with Crippen molar-refractivity contribution >= 4 is 39.7 Å². The lowest BCUT2D eigenvalue weighted by molar-refractivity contribution is -0.288. The fourth-order valence-corrected chi connectivity index (χ4v) is 4.72. The minimum atomic E-state index is -0.0177. The van der Waals surface area contributed by atoms with Gasteiger partial charge in [0.2, 0.25) is 10.9 Å². The number of carbonyl (C=O) groups excluding carboxylic acids is 1. The molecule has 164 valence electrons. The van der Waals surface area contributed by atoms with E-state index in [1.54, 1.807) is 0 Å². The first-order valence-electron chi connectivity index (χ1n) is 10.6. The quantitative estimate of drug-likeness (QED) is 0.450. The van der Waals surface area contributed by atoms with E-state index in [0.29, 0.717) is 30.2 Å². The van der Waals surface area contributed by atoms with Crippen molar-refractivity contribution in [2.24, 2.45) is 0 Å². The van der Waals surface area contributed by atoms with Gasteiger partial charge in [-0.05, 0) is 48.9 Å². The molecule has 0 N–H and O–H groups in total. The molecule has 2 aromatic heterocycles. The van der Waals surface area contributed by atoms with Crippen LogP contribution in [-0.2, 0) is 11.3 Å². The van der Waals surface area contributed by atoms with Crippen LogP contribution in [-0.4, -0.2) is 46.0 Å². The molecule has 5 rings (SSSR count). The molecule has 2 aromatic carbocycles. The molecule has 0 aliphatic carbocycles. The van der Waals surface area contributed by atoms with Crippen molar-refractivity contribution in [1.82, 2.24) is 13.9 Å². The van der Waals surface area contributed by atoms with Crippen LogP contribution in [0.4, 0.5) is 5.69 Å². The first kappa shape index (κ1) is 21.1. The summed E-state index contributed by atoms with van der Waals surface area (Å²) in [7, 11) is 0. The van der Waals surface area contributed by atoms with Gasteiger partial charge in [0.25, 0.3) is 5.56 Å². The lowest BCUT2D eigenvalue weighted by Crippen LogP contribution is -2.50. The molecule has 1 amide bonds. The Labute approximate surface area is 195 Å². The van der Waals surface area contributed by atoms with Crippen molar-refractivity contribution in [1.29, 1.82) is 0 Å². The lowest BCUT2D eigenvalue weighted by atomic mass is 10.2. The summed E-state index contributed by atoms with van der Waals surface area (Å²) in [6.07, 6.45) is 2.65. The van der Waals surface area contributed by atoms with E-state index in [2.05, 4.69) is 4.90 Å². The first-order chi connectivity index (χ1) is 15.5. The molecule has 1 aliphatic heterocycles. The van der Waals surface area contributed by atoms with Crippen LogP contribution in [0.5, 0.6) is 0 Å². The number of piperazine rings is 1. The first-order valence-corrected chi connectivity index (χ1v) is 11.4. The van der Waals surface area contributed by atoms with Crippen LogP contribution in [0.3, 0.4) is 0 Å². The van der Waals surface area contributed by atoms with Gasteiger partial charge in [-0.1, -0.05) is 11.6 Å².